The lowest BCUT2D eigenvalue weighted by Crippen LogP contribution is -2.51. The van der Waals surface area contributed by atoms with Crippen LogP contribution in [0.4, 0.5) is 18.0 Å². The predicted molar refractivity (Wildman–Crippen MR) is 215 cm³/mol. The zero-order valence-electron chi connectivity index (χ0n) is 33.3. The van der Waals surface area contributed by atoms with Crippen molar-refractivity contribution in [1.29, 1.82) is 0 Å². The van der Waals surface area contributed by atoms with Crippen molar-refractivity contribution in [2.75, 3.05) is 13.7 Å². The van der Waals surface area contributed by atoms with Crippen molar-refractivity contribution in [3.8, 4) is 33.6 Å². The van der Waals surface area contributed by atoms with Gasteiger partial charge in [-0.3, -0.25) is 14.6 Å². The Labute approximate surface area is 340 Å². The van der Waals surface area contributed by atoms with Crippen molar-refractivity contribution >= 4 is 18.4 Å². The minimum absolute atomic E-state index is 0.0490. The van der Waals surface area contributed by atoms with E-state index in [1.807, 2.05) is 31.1 Å². The number of likely N-dealkylation sites (tertiary alicyclic amines) is 1. The van der Waals surface area contributed by atoms with E-state index >= 15 is 0 Å². The second-order valence-corrected chi connectivity index (χ2v) is 15.9. The SMILES string of the molecule is COC(=O)NC(C(=O)N1CCCC1c1ncc(-c2ccc(-c3ccc(-c4cnc(C5CC6CCC5C6)[nH]4)cc3)cc2)[nH]1)C(C)C.O=CNCc1cccnc1C(F)(F)F. The molecule has 15 heteroatoms. The van der Waals surface area contributed by atoms with Gasteiger partial charge < -0.3 is 30.2 Å². The molecule has 5 aromatic rings. The summed E-state index contributed by atoms with van der Waals surface area (Å²) in [6.45, 7) is 4.29. The number of carbonyl (C=O) groups is 3. The molecule has 3 fully saturated rings. The molecule has 12 nitrogen and oxygen atoms in total. The number of carbonyl (C=O) groups excluding carboxylic acids is 3. The highest BCUT2D eigenvalue weighted by Crippen LogP contribution is 2.52. The molecule has 3 aliphatic rings. The molecular formula is C44H49F3N8O4. The van der Waals surface area contributed by atoms with Crippen LogP contribution in [0.25, 0.3) is 33.6 Å². The summed E-state index contributed by atoms with van der Waals surface area (Å²) in [5.41, 5.74) is 5.47. The molecule has 1 aliphatic heterocycles. The van der Waals surface area contributed by atoms with E-state index in [9.17, 15) is 27.6 Å². The summed E-state index contributed by atoms with van der Waals surface area (Å²) in [5, 5.41) is 4.86. The first kappa shape index (κ1) is 41.2. The Balaban J connectivity index is 0.000000321. The van der Waals surface area contributed by atoms with Gasteiger partial charge in [-0.15, -0.1) is 0 Å². The van der Waals surface area contributed by atoms with Crippen LogP contribution in [0.3, 0.4) is 0 Å². The van der Waals surface area contributed by atoms with Gasteiger partial charge in [-0.2, -0.15) is 13.2 Å². The van der Waals surface area contributed by atoms with Crippen LogP contribution in [0.5, 0.6) is 0 Å². The number of halogens is 3. The number of imidazole rings is 2. The summed E-state index contributed by atoms with van der Waals surface area (Å²) in [4.78, 5) is 56.9. The second-order valence-electron chi connectivity index (χ2n) is 15.9. The van der Waals surface area contributed by atoms with Crippen LogP contribution in [-0.2, 0) is 27.0 Å². The van der Waals surface area contributed by atoms with E-state index in [0.29, 0.717) is 18.9 Å². The van der Waals surface area contributed by atoms with Gasteiger partial charge in [0.25, 0.3) is 0 Å². The number of hydrogen-bond donors (Lipinski definition) is 4. The number of nitrogens with one attached hydrogen (secondary N) is 4. The third kappa shape index (κ3) is 9.34. The topological polar surface area (TPSA) is 158 Å². The molecule has 8 rings (SSSR count). The van der Waals surface area contributed by atoms with Crippen molar-refractivity contribution in [1.82, 2.24) is 40.5 Å². The highest BCUT2D eigenvalue weighted by atomic mass is 19.4. The van der Waals surface area contributed by atoms with Crippen molar-refractivity contribution in [3.05, 3.63) is 102 Å². The lowest BCUT2D eigenvalue weighted by Gasteiger charge is -2.30. The van der Waals surface area contributed by atoms with Gasteiger partial charge in [-0.1, -0.05) is 74.9 Å². The van der Waals surface area contributed by atoms with Crippen LogP contribution < -0.4 is 10.6 Å². The van der Waals surface area contributed by atoms with Gasteiger partial charge in [0.2, 0.25) is 12.3 Å². The molecule has 4 N–H and O–H groups in total. The number of amides is 3. The highest BCUT2D eigenvalue weighted by molar-refractivity contribution is 5.86. The second kappa shape index (κ2) is 17.9. The number of aromatic amines is 2. The maximum atomic E-state index is 13.5. The van der Waals surface area contributed by atoms with Gasteiger partial charge in [0.1, 0.15) is 23.4 Å². The molecule has 2 aliphatic carbocycles. The molecule has 3 aromatic heterocycles. The Hall–Kier alpha value is -5.99. The molecule has 3 amide bonds. The first-order valence-corrected chi connectivity index (χ1v) is 20.1. The summed E-state index contributed by atoms with van der Waals surface area (Å²) in [7, 11) is 1.30. The minimum atomic E-state index is -4.48. The van der Waals surface area contributed by atoms with Gasteiger partial charge in [-0.25, -0.2) is 14.8 Å². The maximum Gasteiger partial charge on any atom is 0.433 e. The lowest BCUT2D eigenvalue weighted by molar-refractivity contribution is -0.142. The Kier molecular flexibility index (Phi) is 12.5. The summed E-state index contributed by atoms with van der Waals surface area (Å²) < 4.78 is 41.6. The lowest BCUT2D eigenvalue weighted by atomic mass is 9.88. The Morgan fingerprint density at radius 2 is 1.51 bits per heavy atom. The number of fused-ring (bicyclic) bond motifs is 2. The number of benzene rings is 2. The molecule has 1 saturated heterocycles. The van der Waals surface area contributed by atoms with Crippen LogP contribution in [0.15, 0.2) is 79.3 Å². The van der Waals surface area contributed by atoms with Crippen molar-refractivity contribution < 1.29 is 32.3 Å². The normalized spacial score (nSPS) is 20.2. The number of methoxy groups -OCH3 is 1. The van der Waals surface area contributed by atoms with E-state index in [1.54, 1.807) is 0 Å². The Bertz CT molecular complexity index is 2220. The Morgan fingerprint density at radius 1 is 0.881 bits per heavy atom. The van der Waals surface area contributed by atoms with Crippen molar-refractivity contribution in [3.63, 3.8) is 0 Å². The molecular weight excluding hydrogens is 762 g/mol. The molecule has 5 atom stereocenters. The van der Waals surface area contributed by atoms with Crippen LogP contribution in [-0.4, -0.2) is 67.9 Å². The number of ether oxygens (including phenoxy) is 1. The van der Waals surface area contributed by atoms with E-state index in [0.717, 1.165) is 70.3 Å². The first-order chi connectivity index (χ1) is 28.4. The number of H-pyrrole nitrogens is 2. The zero-order valence-corrected chi connectivity index (χ0v) is 33.3. The zero-order chi connectivity index (χ0) is 41.7. The van der Waals surface area contributed by atoms with Gasteiger partial charge >= 0.3 is 12.3 Å². The number of pyridine rings is 1. The molecule has 2 saturated carbocycles. The number of hydrogen-bond acceptors (Lipinski definition) is 7. The van der Waals surface area contributed by atoms with E-state index in [4.69, 9.17) is 9.72 Å². The fraction of sp³-hybridized carbons (Fsp3) is 0.409. The van der Waals surface area contributed by atoms with Gasteiger partial charge in [0.05, 0.1) is 36.9 Å². The largest absolute Gasteiger partial charge is 0.453 e. The molecule has 310 valence electrons. The fourth-order valence-electron chi connectivity index (χ4n) is 8.77. The number of aromatic nitrogens is 5. The van der Waals surface area contributed by atoms with E-state index in [-0.39, 0.29) is 30.0 Å². The third-order valence-electron chi connectivity index (χ3n) is 11.8. The average molecular weight is 811 g/mol. The maximum absolute atomic E-state index is 13.5. The summed E-state index contributed by atoms with van der Waals surface area (Å²) in [6.07, 6.45) is 7.28. The molecule has 0 radical (unpaired) electrons. The predicted octanol–water partition coefficient (Wildman–Crippen LogP) is 8.43. The standard InChI is InChI=1S/C36H42N6O3.C8H7F3N2O/c1-21(2)32(41-36(44)45-3)35(43)42-16-4-5-31(42)34-38-20-30(40-34)26-14-10-24(11-15-26)23-8-12-25(13-9-23)29-19-37-33(39-29)28-18-22-6-7-27(28)17-22;9-8(10,11)7-6(4-12-5-14)2-1-3-13-7/h8-15,19-22,27-28,31-32H,4-7,16-18H2,1-3H3,(H,37,39)(H,38,40)(H,41,44);1-3,5H,4H2,(H,12,14). The molecule has 4 heterocycles. The molecule has 2 aromatic carbocycles. The number of rotatable bonds is 11. The highest BCUT2D eigenvalue weighted by Gasteiger charge is 2.42. The number of alkyl halides is 3. The van der Waals surface area contributed by atoms with E-state index in [1.165, 1.54) is 50.8 Å². The molecule has 0 spiro atoms. The van der Waals surface area contributed by atoms with Gasteiger partial charge in [0, 0.05) is 30.8 Å². The summed E-state index contributed by atoms with van der Waals surface area (Å²) >= 11 is 0. The fourth-order valence-corrected chi connectivity index (χ4v) is 8.77. The number of alkyl carbamates (subject to hydrolysis) is 1. The van der Waals surface area contributed by atoms with Gasteiger partial charge in [0.15, 0.2) is 0 Å². The number of nitrogens with zero attached hydrogens (tertiary/aromatic N) is 4. The first-order valence-electron chi connectivity index (χ1n) is 20.1. The average Bonchev–Trinajstić information content (AvgIpc) is 4.11. The molecule has 5 unspecified atom stereocenters. The van der Waals surface area contributed by atoms with Gasteiger partial charge in [-0.05, 0) is 78.2 Å². The monoisotopic (exact) mass is 810 g/mol. The van der Waals surface area contributed by atoms with Crippen LogP contribution in [0.1, 0.15) is 87.2 Å². The van der Waals surface area contributed by atoms with E-state index < -0.39 is 24.0 Å². The molecule has 2 bridgehead atoms. The minimum Gasteiger partial charge on any atom is -0.453 e. The van der Waals surface area contributed by atoms with Crippen LogP contribution in [0, 0.1) is 17.8 Å². The van der Waals surface area contributed by atoms with Crippen molar-refractivity contribution in [2.24, 2.45) is 17.8 Å². The van der Waals surface area contributed by atoms with Crippen LogP contribution in [0.2, 0.25) is 0 Å². The smallest absolute Gasteiger partial charge is 0.433 e. The van der Waals surface area contributed by atoms with E-state index in [2.05, 4.69) is 79.1 Å². The van der Waals surface area contributed by atoms with Crippen molar-refractivity contribution in [2.45, 2.75) is 83.1 Å². The third-order valence-corrected chi connectivity index (χ3v) is 11.8. The Morgan fingerprint density at radius 3 is 2.07 bits per heavy atom. The summed E-state index contributed by atoms with van der Waals surface area (Å²) in [6, 6.07) is 19.0. The quantitative estimate of drug-likeness (QED) is 0.0976. The molecule has 59 heavy (non-hydrogen) atoms. The van der Waals surface area contributed by atoms with Crippen LogP contribution >= 0.6 is 0 Å². The summed E-state index contributed by atoms with van der Waals surface area (Å²) in [5.74, 6) is 4.07.